The van der Waals surface area contributed by atoms with Gasteiger partial charge in [-0.25, -0.2) is 0 Å². The molecule has 0 aliphatic carbocycles. The SMILES string of the molecule is N#C/C(=N\Nc1ccc(Cl)c2ncccc12)C(=N)N. The van der Waals surface area contributed by atoms with Crippen LogP contribution < -0.4 is 11.2 Å². The molecular weight excluding hydrogens is 264 g/mol. The maximum atomic E-state index is 8.76. The molecule has 0 radical (unpaired) electrons. The fraction of sp³-hybridized carbons (Fsp3) is 0. The first kappa shape index (κ1) is 12.8. The van der Waals surface area contributed by atoms with E-state index in [0.717, 1.165) is 5.39 Å². The number of nitrogens with two attached hydrogens (primary N) is 1. The zero-order valence-corrected chi connectivity index (χ0v) is 10.4. The summed E-state index contributed by atoms with van der Waals surface area (Å²) in [6.07, 6.45) is 1.64. The lowest BCUT2D eigenvalue weighted by Crippen LogP contribution is -2.21. The number of nitrogens with one attached hydrogen (secondary N) is 2. The molecule has 0 saturated carbocycles. The van der Waals surface area contributed by atoms with Gasteiger partial charge >= 0.3 is 0 Å². The highest BCUT2D eigenvalue weighted by molar-refractivity contribution is 6.45. The van der Waals surface area contributed by atoms with Gasteiger partial charge in [-0.15, -0.1) is 0 Å². The van der Waals surface area contributed by atoms with Crippen molar-refractivity contribution in [2.24, 2.45) is 10.8 Å². The largest absolute Gasteiger partial charge is 0.382 e. The van der Waals surface area contributed by atoms with Gasteiger partial charge in [-0.3, -0.25) is 15.8 Å². The van der Waals surface area contributed by atoms with Crippen molar-refractivity contribution in [3.63, 3.8) is 0 Å². The smallest absolute Gasteiger partial charge is 0.201 e. The monoisotopic (exact) mass is 272 g/mol. The molecule has 7 heteroatoms. The highest BCUT2D eigenvalue weighted by atomic mass is 35.5. The standard InChI is InChI=1S/C12H9ClN6/c13-8-3-4-9(7-2-1-5-17-11(7)8)18-19-10(6-14)12(15)16/h1-5,18H,(H3,15,16)/b19-10+. The van der Waals surface area contributed by atoms with E-state index in [4.69, 9.17) is 28.0 Å². The Labute approximate surface area is 114 Å². The number of hydrogen-bond donors (Lipinski definition) is 3. The third-order valence-corrected chi connectivity index (χ3v) is 2.67. The van der Waals surface area contributed by atoms with Crippen LogP contribution in [0.25, 0.3) is 10.9 Å². The topological polar surface area (TPSA) is 111 Å². The van der Waals surface area contributed by atoms with Gasteiger partial charge in [-0.1, -0.05) is 11.6 Å². The minimum Gasteiger partial charge on any atom is -0.382 e. The molecule has 19 heavy (non-hydrogen) atoms. The normalized spacial score (nSPS) is 11.1. The summed E-state index contributed by atoms with van der Waals surface area (Å²) in [6, 6.07) is 8.71. The lowest BCUT2D eigenvalue weighted by molar-refractivity contribution is 1.34. The fourth-order valence-corrected chi connectivity index (χ4v) is 1.71. The highest BCUT2D eigenvalue weighted by Crippen LogP contribution is 2.27. The molecule has 2 rings (SSSR count). The zero-order valence-electron chi connectivity index (χ0n) is 9.68. The van der Waals surface area contributed by atoms with Crippen molar-refractivity contribution in [2.45, 2.75) is 0 Å². The van der Waals surface area contributed by atoms with Crippen molar-refractivity contribution in [1.82, 2.24) is 4.98 Å². The number of hydrogen-bond acceptors (Lipinski definition) is 5. The number of nitriles is 1. The fourth-order valence-electron chi connectivity index (χ4n) is 1.50. The van der Waals surface area contributed by atoms with Gasteiger partial charge in [0.1, 0.15) is 6.07 Å². The molecule has 0 spiro atoms. The number of benzene rings is 1. The first-order valence-electron chi connectivity index (χ1n) is 5.25. The van der Waals surface area contributed by atoms with Gasteiger partial charge in [0.05, 0.1) is 16.2 Å². The Bertz CT molecular complexity index is 716. The van der Waals surface area contributed by atoms with E-state index in [1.165, 1.54) is 0 Å². The quantitative estimate of drug-likeness (QED) is 0.451. The number of aromatic nitrogens is 1. The lowest BCUT2D eigenvalue weighted by atomic mass is 10.2. The number of fused-ring (bicyclic) bond motifs is 1. The van der Waals surface area contributed by atoms with Crippen molar-refractivity contribution >= 4 is 39.7 Å². The van der Waals surface area contributed by atoms with Gasteiger partial charge < -0.3 is 5.73 Å². The molecule has 4 N–H and O–H groups in total. The minimum absolute atomic E-state index is 0.188. The number of hydrazone groups is 1. The molecule has 0 saturated heterocycles. The number of pyridine rings is 1. The van der Waals surface area contributed by atoms with Crippen LogP contribution >= 0.6 is 11.6 Å². The molecule has 0 bridgehead atoms. The maximum Gasteiger partial charge on any atom is 0.201 e. The zero-order chi connectivity index (χ0) is 13.8. The van der Waals surface area contributed by atoms with E-state index in [9.17, 15) is 0 Å². The van der Waals surface area contributed by atoms with Crippen LogP contribution in [0.1, 0.15) is 0 Å². The van der Waals surface area contributed by atoms with Gasteiger partial charge in [-0.2, -0.15) is 10.4 Å². The second-order valence-electron chi connectivity index (χ2n) is 3.59. The van der Waals surface area contributed by atoms with Gasteiger partial charge in [0, 0.05) is 11.6 Å². The first-order chi connectivity index (χ1) is 9.13. The lowest BCUT2D eigenvalue weighted by Gasteiger charge is -2.06. The van der Waals surface area contributed by atoms with E-state index in [0.29, 0.717) is 16.2 Å². The molecule has 2 aromatic rings. The van der Waals surface area contributed by atoms with Crippen molar-refractivity contribution in [2.75, 3.05) is 5.43 Å². The minimum atomic E-state index is -0.397. The summed E-state index contributed by atoms with van der Waals surface area (Å²) in [5, 5.41) is 21.0. The Morgan fingerprint density at radius 3 is 2.95 bits per heavy atom. The summed E-state index contributed by atoms with van der Waals surface area (Å²) in [5.41, 5.74) is 8.97. The Morgan fingerprint density at radius 1 is 1.47 bits per heavy atom. The third kappa shape index (κ3) is 2.61. The number of halogens is 1. The molecule has 94 valence electrons. The summed E-state index contributed by atoms with van der Waals surface area (Å²) in [4.78, 5) is 4.17. The number of nitrogens with zero attached hydrogens (tertiary/aromatic N) is 3. The summed E-state index contributed by atoms with van der Waals surface area (Å²) >= 11 is 6.04. The summed E-state index contributed by atoms with van der Waals surface area (Å²) in [7, 11) is 0. The average molecular weight is 273 g/mol. The summed E-state index contributed by atoms with van der Waals surface area (Å²) in [6.45, 7) is 0. The van der Waals surface area contributed by atoms with Crippen LogP contribution in [0.15, 0.2) is 35.6 Å². The Kier molecular flexibility index (Phi) is 3.59. The molecule has 0 atom stereocenters. The second-order valence-corrected chi connectivity index (χ2v) is 4.00. The van der Waals surface area contributed by atoms with E-state index in [2.05, 4.69) is 15.5 Å². The maximum absolute atomic E-state index is 8.76. The van der Waals surface area contributed by atoms with Crippen LogP contribution in [0, 0.1) is 16.7 Å². The van der Waals surface area contributed by atoms with Crippen LogP contribution in [-0.4, -0.2) is 16.5 Å². The molecule has 1 heterocycles. The van der Waals surface area contributed by atoms with E-state index < -0.39 is 5.84 Å². The van der Waals surface area contributed by atoms with Gasteiger partial charge in [0.2, 0.25) is 5.71 Å². The average Bonchev–Trinajstić information content (AvgIpc) is 2.42. The molecular formula is C12H9ClN6. The van der Waals surface area contributed by atoms with Crippen LogP contribution in [0.2, 0.25) is 5.02 Å². The first-order valence-corrected chi connectivity index (χ1v) is 5.62. The molecule has 1 aromatic carbocycles. The molecule has 6 nitrogen and oxygen atoms in total. The van der Waals surface area contributed by atoms with Crippen LogP contribution in [-0.2, 0) is 0 Å². The molecule has 0 amide bonds. The van der Waals surface area contributed by atoms with Crippen molar-refractivity contribution < 1.29 is 0 Å². The Hall–Kier alpha value is -2.65. The second kappa shape index (κ2) is 5.33. The van der Waals surface area contributed by atoms with Gasteiger partial charge in [0.15, 0.2) is 5.84 Å². The Balaban J connectivity index is 2.45. The molecule has 0 aliphatic rings. The molecule has 0 aliphatic heterocycles. The predicted octanol–water partition coefficient (Wildman–Crippen LogP) is 2.12. The van der Waals surface area contributed by atoms with Crippen molar-refractivity contribution in [3.8, 4) is 6.07 Å². The van der Waals surface area contributed by atoms with E-state index >= 15 is 0 Å². The summed E-state index contributed by atoms with van der Waals surface area (Å²) < 4.78 is 0. The van der Waals surface area contributed by atoms with Gasteiger partial charge in [-0.05, 0) is 24.3 Å². The number of rotatable bonds is 3. The van der Waals surface area contributed by atoms with Gasteiger partial charge in [0.25, 0.3) is 0 Å². The van der Waals surface area contributed by atoms with Crippen LogP contribution in [0.4, 0.5) is 5.69 Å². The van der Waals surface area contributed by atoms with Crippen LogP contribution in [0.3, 0.4) is 0 Å². The highest BCUT2D eigenvalue weighted by Gasteiger charge is 2.06. The third-order valence-electron chi connectivity index (χ3n) is 2.37. The molecule has 1 aromatic heterocycles. The van der Waals surface area contributed by atoms with Crippen LogP contribution in [0.5, 0.6) is 0 Å². The predicted molar refractivity (Wildman–Crippen MR) is 75.3 cm³/mol. The number of anilines is 1. The van der Waals surface area contributed by atoms with Crippen molar-refractivity contribution in [1.29, 1.82) is 10.7 Å². The molecule has 0 fully saturated rings. The van der Waals surface area contributed by atoms with E-state index in [1.54, 1.807) is 30.5 Å². The van der Waals surface area contributed by atoms with Crippen molar-refractivity contribution in [3.05, 3.63) is 35.5 Å². The summed E-state index contributed by atoms with van der Waals surface area (Å²) in [5.74, 6) is -0.397. The van der Waals surface area contributed by atoms with E-state index in [1.807, 2.05) is 6.07 Å². The Morgan fingerprint density at radius 2 is 2.26 bits per heavy atom. The number of amidine groups is 1. The van der Waals surface area contributed by atoms with E-state index in [-0.39, 0.29) is 5.71 Å². The molecule has 0 unspecified atom stereocenters.